The number of aryl methyl sites for hydroxylation is 2. The van der Waals surface area contributed by atoms with Crippen LogP contribution in [0.25, 0.3) is 22.1 Å². The summed E-state index contributed by atoms with van der Waals surface area (Å²) in [6.45, 7) is 0. The molecular formula is C20H15NO3. The van der Waals surface area contributed by atoms with Gasteiger partial charge >= 0.3 is 5.63 Å². The number of fused-ring (bicyclic) bond motifs is 2. The third-order valence-corrected chi connectivity index (χ3v) is 4.55. The Morgan fingerprint density at radius 1 is 0.958 bits per heavy atom. The number of benzene rings is 2. The van der Waals surface area contributed by atoms with Crippen molar-refractivity contribution < 1.29 is 9.21 Å². The van der Waals surface area contributed by atoms with Crippen molar-refractivity contribution in [2.45, 2.75) is 25.7 Å². The second kappa shape index (κ2) is 5.91. The summed E-state index contributed by atoms with van der Waals surface area (Å²) in [6.07, 6.45) is 6.09. The molecule has 0 N–H and O–H groups in total. The van der Waals surface area contributed by atoms with E-state index in [4.69, 9.17) is 4.42 Å². The van der Waals surface area contributed by atoms with Gasteiger partial charge in [0.25, 0.3) is 0 Å². The molecule has 0 saturated carbocycles. The molecule has 1 aliphatic carbocycles. The van der Waals surface area contributed by atoms with Crippen LogP contribution in [0.15, 0.2) is 56.7 Å². The van der Waals surface area contributed by atoms with E-state index in [9.17, 15) is 9.59 Å². The maximum atomic E-state index is 12.4. The van der Waals surface area contributed by atoms with Crippen molar-refractivity contribution in [3.63, 3.8) is 0 Å². The van der Waals surface area contributed by atoms with Crippen LogP contribution in [0, 0.1) is 0 Å². The standard InChI is InChI=1S/C20H15NO3/c22-12-21-17-8-7-16-10-18(20(23)24-19(16)11-17)15-6-5-13-3-1-2-4-14(13)9-15/h5-11H,1-4H2. The van der Waals surface area contributed by atoms with Crippen molar-refractivity contribution >= 4 is 22.7 Å². The Bertz CT molecular complexity index is 1040. The highest BCUT2D eigenvalue weighted by Crippen LogP contribution is 2.28. The van der Waals surface area contributed by atoms with E-state index in [0.717, 1.165) is 23.8 Å². The number of isocyanates is 1. The summed E-state index contributed by atoms with van der Waals surface area (Å²) in [7, 11) is 0. The normalized spacial score (nSPS) is 13.3. The number of carbonyl (C=O) groups excluding carboxylic acids is 1. The zero-order valence-corrected chi connectivity index (χ0v) is 13.0. The minimum absolute atomic E-state index is 0.384. The zero-order chi connectivity index (χ0) is 16.5. The van der Waals surface area contributed by atoms with Crippen LogP contribution in [0.3, 0.4) is 0 Å². The molecule has 4 rings (SSSR count). The number of aliphatic imine (C=N–C) groups is 1. The van der Waals surface area contributed by atoms with E-state index in [1.807, 2.05) is 12.1 Å². The average molecular weight is 317 g/mol. The molecule has 0 bridgehead atoms. The lowest BCUT2D eigenvalue weighted by Gasteiger charge is -2.16. The first-order valence-corrected chi connectivity index (χ1v) is 8.02. The van der Waals surface area contributed by atoms with E-state index >= 15 is 0 Å². The maximum Gasteiger partial charge on any atom is 0.344 e. The van der Waals surface area contributed by atoms with E-state index in [2.05, 4.69) is 17.1 Å². The molecule has 4 nitrogen and oxygen atoms in total. The van der Waals surface area contributed by atoms with Crippen LogP contribution in [0.2, 0.25) is 0 Å². The molecule has 1 aromatic heterocycles. The lowest BCUT2D eigenvalue weighted by molar-refractivity contribution is 0.563. The Labute approximate surface area is 138 Å². The summed E-state index contributed by atoms with van der Waals surface area (Å²) < 4.78 is 5.43. The van der Waals surface area contributed by atoms with E-state index in [-0.39, 0.29) is 5.63 Å². The van der Waals surface area contributed by atoms with Crippen molar-refractivity contribution in [3.05, 3.63) is 64.0 Å². The summed E-state index contributed by atoms with van der Waals surface area (Å²) in [5.74, 6) is 0. The van der Waals surface area contributed by atoms with Gasteiger partial charge in [0, 0.05) is 11.5 Å². The largest absolute Gasteiger partial charge is 0.422 e. The number of hydrogen-bond donors (Lipinski definition) is 0. The topological polar surface area (TPSA) is 59.6 Å². The van der Waals surface area contributed by atoms with Gasteiger partial charge in [-0.2, -0.15) is 4.99 Å². The Morgan fingerprint density at radius 3 is 2.62 bits per heavy atom. The lowest BCUT2D eigenvalue weighted by atomic mass is 9.89. The first kappa shape index (κ1) is 14.6. The third-order valence-electron chi connectivity index (χ3n) is 4.55. The molecule has 0 fully saturated rings. The molecule has 118 valence electrons. The monoisotopic (exact) mass is 317 g/mol. The molecule has 2 aromatic carbocycles. The molecule has 0 unspecified atom stereocenters. The lowest BCUT2D eigenvalue weighted by Crippen LogP contribution is -2.06. The van der Waals surface area contributed by atoms with Crippen LogP contribution in [0.4, 0.5) is 5.69 Å². The second-order valence-electron chi connectivity index (χ2n) is 6.06. The van der Waals surface area contributed by atoms with Gasteiger partial charge in [-0.25, -0.2) is 9.59 Å². The van der Waals surface area contributed by atoms with Crippen LogP contribution in [-0.2, 0) is 17.6 Å². The van der Waals surface area contributed by atoms with Gasteiger partial charge in [-0.1, -0.05) is 18.2 Å². The molecule has 24 heavy (non-hydrogen) atoms. The molecule has 0 amide bonds. The van der Waals surface area contributed by atoms with E-state index in [0.29, 0.717) is 16.8 Å². The van der Waals surface area contributed by atoms with Crippen molar-refractivity contribution in [3.8, 4) is 11.1 Å². The van der Waals surface area contributed by atoms with E-state index in [1.54, 1.807) is 18.2 Å². The molecule has 0 saturated heterocycles. The highest BCUT2D eigenvalue weighted by molar-refractivity contribution is 5.84. The Balaban J connectivity index is 1.85. The molecule has 0 aliphatic heterocycles. The highest BCUT2D eigenvalue weighted by atomic mass is 16.4. The zero-order valence-electron chi connectivity index (χ0n) is 13.0. The molecule has 0 spiro atoms. The predicted molar refractivity (Wildman–Crippen MR) is 92.3 cm³/mol. The number of rotatable bonds is 2. The van der Waals surface area contributed by atoms with Crippen LogP contribution in [0.1, 0.15) is 24.0 Å². The fourth-order valence-corrected chi connectivity index (χ4v) is 3.32. The number of hydrogen-bond acceptors (Lipinski definition) is 4. The first-order chi connectivity index (χ1) is 11.7. The van der Waals surface area contributed by atoms with Crippen LogP contribution in [0.5, 0.6) is 0 Å². The quantitative estimate of drug-likeness (QED) is 0.402. The van der Waals surface area contributed by atoms with Gasteiger partial charge < -0.3 is 4.42 Å². The second-order valence-corrected chi connectivity index (χ2v) is 6.06. The Kier molecular flexibility index (Phi) is 3.60. The van der Waals surface area contributed by atoms with Crippen molar-refractivity contribution in [1.29, 1.82) is 0 Å². The highest BCUT2D eigenvalue weighted by Gasteiger charge is 2.13. The molecule has 4 heteroatoms. The van der Waals surface area contributed by atoms with Gasteiger partial charge in [-0.15, -0.1) is 0 Å². The summed E-state index contributed by atoms with van der Waals surface area (Å²) >= 11 is 0. The van der Waals surface area contributed by atoms with Gasteiger partial charge in [0.05, 0.1) is 11.3 Å². The van der Waals surface area contributed by atoms with E-state index < -0.39 is 0 Å². The van der Waals surface area contributed by atoms with Crippen molar-refractivity contribution in [2.75, 3.05) is 0 Å². The van der Waals surface area contributed by atoms with Gasteiger partial charge in [-0.3, -0.25) is 0 Å². The SMILES string of the molecule is O=C=Nc1ccc2cc(-c3ccc4c(c3)CCCC4)c(=O)oc2c1. The summed E-state index contributed by atoms with van der Waals surface area (Å²) in [5.41, 5.74) is 4.61. The first-order valence-electron chi connectivity index (χ1n) is 8.02. The fraction of sp³-hybridized carbons (Fsp3) is 0.200. The maximum absolute atomic E-state index is 12.4. The van der Waals surface area contributed by atoms with Gasteiger partial charge in [0.15, 0.2) is 0 Å². The van der Waals surface area contributed by atoms with Crippen molar-refractivity contribution in [1.82, 2.24) is 0 Å². The average Bonchev–Trinajstić information content (AvgIpc) is 2.61. The minimum atomic E-state index is -0.384. The van der Waals surface area contributed by atoms with Crippen molar-refractivity contribution in [2.24, 2.45) is 4.99 Å². The van der Waals surface area contributed by atoms with E-state index in [1.165, 1.54) is 30.0 Å². The Hall–Kier alpha value is -2.97. The summed E-state index contributed by atoms with van der Waals surface area (Å²) in [5, 5.41) is 0.798. The summed E-state index contributed by atoms with van der Waals surface area (Å²) in [6, 6.07) is 13.1. The molecule has 0 radical (unpaired) electrons. The molecule has 3 aromatic rings. The van der Waals surface area contributed by atoms with Gasteiger partial charge in [-0.05, 0) is 60.6 Å². The van der Waals surface area contributed by atoms with Gasteiger partial charge in [0.2, 0.25) is 6.08 Å². The fourth-order valence-electron chi connectivity index (χ4n) is 3.32. The van der Waals surface area contributed by atoms with Crippen LogP contribution >= 0.6 is 0 Å². The van der Waals surface area contributed by atoms with Crippen LogP contribution < -0.4 is 5.63 Å². The molecule has 1 aliphatic rings. The molecule has 0 atom stereocenters. The minimum Gasteiger partial charge on any atom is -0.422 e. The predicted octanol–water partition coefficient (Wildman–Crippen LogP) is 4.31. The van der Waals surface area contributed by atoms with Crippen LogP contribution in [-0.4, -0.2) is 6.08 Å². The number of nitrogens with zero attached hydrogens (tertiary/aromatic N) is 1. The van der Waals surface area contributed by atoms with Gasteiger partial charge in [0.1, 0.15) is 5.58 Å². The molecular weight excluding hydrogens is 302 g/mol. The Morgan fingerprint density at radius 2 is 1.79 bits per heavy atom. The third kappa shape index (κ3) is 2.57. The smallest absolute Gasteiger partial charge is 0.344 e. The summed E-state index contributed by atoms with van der Waals surface area (Å²) in [4.78, 5) is 26.3. The molecule has 1 heterocycles.